The number of aliphatic hydroxyl groups is 1. The van der Waals surface area contributed by atoms with Gasteiger partial charge in [0.05, 0.1) is 0 Å². The number of anilines is 1. The van der Waals surface area contributed by atoms with Crippen molar-refractivity contribution in [2.75, 3.05) is 5.73 Å². The van der Waals surface area contributed by atoms with Crippen molar-refractivity contribution < 1.29 is 18.3 Å². The minimum absolute atomic E-state index is 0.195. The van der Waals surface area contributed by atoms with Crippen molar-refractivity contribution in [3.63, 3.8) is 0 Å². The summed E-state index contributed by atoms with van der Waals surface area (Å²) in [4.78, 5) is 0. The van der Waals surface area contributed by atoms with Crippen LogP contribution < -0.4 is 5.73 Å². The van der Waals surface area contributed by atoms with E-state index in [1.807, 2.05) is 0 Å². The summed E-state index contributed by atoms with van der Waals surface area (Å²) in [5, 5.41) is 8.80. The van der Waals surface area contributed by atoms with E-state index in [-0.39, 0.29) is 11.3 Å². The van der Waals surface area contributed by atoms with E-state index in [9.17, 15) is 13.2 Å². The standard InChI is InChI=1S/C8H8F3NO/c9-8(10,11)7(13)5-2-1-3-6(12)4-5/h1-4,7,13H,12H2/t7-/m1/s1. The van der Waals surface area contributed by atoms with Gasteiger partial charge in [0, 0.05) is 5.69 Å². The lowest BCUT2D eigenvalue weighted by molar-refractivity contribution is -0.206. The first-order valence-corrected chi connectivity index (χ1v) is 3.51. The third kappa shape index (κ3) is 2.35. The van der Waals surface area contributed by atoms with Gasteiger partial charge in [-0.2, -0.15) is 13.2 Å². The smallest absolute Gasteiger partial charge is 0.399 e. The highest BCUT2D eigenvalue weighted by atomic mass is 19.4. The molecule has 72 valence electrons. The van der Waals surface area contributed by atoms with Crippen molar-refractivity contribution in [1.29, 1.82) is 0 Å². The lowest BCUT2D eigenvalue weighted by Crippen LogP contribution is -2.20. The topological polar surface area (TPSA) is 46.2 Å². The summed E-state index contributed by atoms with van der Waals surface area (Å²) in [6.45, 7) is 0. The molecule has 1 aromatic rings. The Balaban J connectivity index is 2.96. The first kappa shape index (κ1) is 9.85. The number of halogens is 3. The van der Waals surface area contributed by atoms with Crippen LogP contribution in [0.5, 0.6) is 0 Å². The zero-order valence-corrected chi connectivity index (χ0v) is 6.55. The van der Waals surface area contributed by atoms with Crippen LogP contribution >= 0.6 is 0 Å². The fourth-order valence-electron chi connectivity index (χ4n) is 0.918. The summed E-state index contributed by atoms with van der Waals surface area (Å²) >= 11 is 0. The Morgan fingerprint density at radius 3 is 2.38 bits per heavy atom. The number of nitrogen functional groups attached to an aromatic ring is 1. The fraction of sp³-hybridized carbons (Fsp3) is 0.250. The molecular formula is C8H8F3NO. The molecule has 0 aliphatic rings. The van der Waals surface area contributed by atoms with E-state index in [0.29, 0.717) is 0 Å². The summed E-state index contributed by atoms with van der Waals surface area (Å²) in [5.74, 6) is 0. The van der Waals surface area contributed by atoms with E-state index in [2.05, 4.69) is 0 Å². The second-order valence-corrected chi connectivity index (χ2v) is 2.61. The normalized spacial score (nSPS) is 14.2. The fourth-order valence-corrected chi connectivity index (χ4v) is 0.918. The first-order chi connectivity index (χ1) is 5.91. The molecular weight excluding hydrogens is 183 g/mol. The zero-order valence-electron chi connectivity index (χ0n) is 6.55. The van der Waals surface area contributed by atoms with Crippen LogP contribution in [0.4, 0.5) is 18.9 Å². The van der Waals surface area contributed by atoms with Crippen LogP contribution in [0.25, 0.3) is 0 Å². The Labute approximate surface area is 72.8 Å². The Morgan fingerprint density at radius 2 is 1.92 bits per heavy atom. The van der Waals surface area contributed by atoms with E-state index < -0.39 is 12.3 Å². The van der Waals surface area contributed by atoms with Gasteiger partial charge < -0.3 is 10.8 Å². The van der Waals surface area contributed by atoms with Crippen LogP contribution in [0.3, 0.4) is 0 Å². The third-order valence-corrected chi connectivity index (χ3v) is 1.54. The molecule has 0 saturated carbocycles. The molecule has 3 N–H and O–H groups in total. The molecule has 1 aromatic carbocycles. The predicted octanol–water partition coefficient (Wildman–Crippen LogP) is 1.86. The predicted molar refractivity (Wildman–Crippen MR) is 41.9 cm³/mol. The van der Waals surface area contributed by atoms with Gasteiger partial charge in [0.1, 0.15) is 0 Å². The molecule has 0 aliphatic carbocycles. The molecule has 0 bridgehead atoms. The molecule has 13 heavy (non-hydrogen) atoms. The van der Waals surface area contributed by atoms with Gasteiger partial charge in [0.2, 0.25) is 0 Å². The van der Waals surface area contributed by atoms with Crippen LogP contribution in [-0.4, -0.2) is 11.3 Å². The van der Waals surface area contributed by atoms with E-state index in [4.69, 9.17) is 10.8 Å². The van der Waals surface area contributed by atoms with Crippen molar-refractivity contribution in [2.24, 2.45) is 0 Å². The van der Waals surface area contributed by atoms with Gasteiger partial charge in [0.25, 0.3) is 0 Å². The van der Waals surface area contributed by atoms with Crippen LogP contribution in [0, 0.1) is 0 Å². The highest BCUT2D eigenvalue weighted by Gasteiger charge is 2.39. The monoisotopic (exact) mass is 191 g/mol. The van der Waals surface area contributed by atoms with Gasteiger partial charge in [-0.3, -0.25) is 0 Å². The number of hydrogen-bond acceptors (Lipinski definition) is 2. The second-order valence-electron chi connectivity index (χ2n) is 2.61. The molecule has 2 nitrogen and oxygen atoms in total. The molecule has 0 fully saturated rings. The average molecular weight is 191 g/mol. The maximum Gasteiger partial charge on any atom is 0.418 e. The highest BCUT2D eigenvalue weighted by molar-refractivity contribution is 5.41. The summed E-state index contributed by atoms with van der Waals surface area (Å²) in [5.41, 5.74) is 5.21. The molecule has 0 unspecified atom stereocenters. The number of nitrogens with two attached hydrogens (primary N) is 1. The summed E-state index contributed by atoms with van der Waals surface area (Å²) in [6, 6.07) is 5.08. The Hall–Kier alpha value is -1.23. The maximum absolute atomic E-state index is 12.0. The third-order valence-electron chi connectivity index (χ3n) is 1.54. The van der Waals surface area contributed by atoms with Gasteiger partial charge in [-0.15, -0.1) is 0 Å². The maximum atomic E-state index is 12.0. The van der Waals surface area contributed by atoms with Crippen LogP contribution in [0.15, 0.2) is 24.3 Å². The number of alkyl halides is 3. The molecule has 0 spiro atoms. The van der Waals surface area contributed by atoms with Crippen LogP contribution in [-0.2, 0) is 0 Å². The van der Waals surface area contributed by atoms with E-state index in [0.717, 1.165) is 6.07 Å². The summed E-state index contributed by atoms with van der Waals surface area (Å²) in [6.07, 6.45) is -7.11. The first-order valence-electron chi connectivity index (χ1n) is 3.51. The van der Waals surface area contributed by atoms with Crippen molar-refractivity contribution in [3.05, 3.63) is 29.8 Å². The highest BCUT2D eigenvalue weighted by Crippen LogP contribution is 2.32. The average Bonchev–Trinajstić information content (AvgIpc) is 2.01. The number of rotatable bonds is 1. The van der Waals surface area contributed by atoms with E-state index in [1.54, 1.807) is 0 Å². The molecule has 0 aromatic heterocycles. The SMILES string of the molecule is Nc1cccc([C@@H](O)C(F)(F)F)c1. The van der Waals surface area contributed by atoms with Crippen molar-refractivity contribution in [2.45, 2.75) is 12.3 Å². The minimum atomic E-state index is -4.65. The van der Waals surface area contributed by atoms with Gasteiger partial charge in [-0.1, -0.05) is 12.1 Å². The number of benzene rings is 1. The van der Waals surface area contributed by atoms with Gasteiger partial charge in [-0.25, -0.2) is 0 Å². The Kier molecular flexibility index (Phi) is 2.47. The molecule has 0 saturated heterocycles. The molecule has 0 heterocycles. The van der Waals surface area contributed by atoms with Gasteiger partial charge >= 0.3 is 6.18 Å². The van der Waals surface area contributed by atoms with Crippen molar-refractivity contribution >= 4 is 5.69 Å². The Bertz CT molecular complexity index is 298. The molecule has 0 aliphatic heterocycles. The lowest BCUT2D eigenvalue weighted by Gasteiger charge is -2.14. The zero-order chi connectivity index (χ0) is 10.1. The van der Waals surface area contributed by atoms with Crippen molar-refractivity contribution in [1.82, 2.24) is 0 Å². The largest absolute Gasteiger partial charge is 0.418 e. The number of aliphatic hydroxyl groups excluding tert-OH is 1. The van der Waals surface area contributed by atoms with Crippen molar-refractivity contribution in [3.8, 4) is 0 Å². The molecule has 1 atom stereocenters. The van der Waals surface area contributed by atoms with Gasteiger partial charge in [-0.05, 0) is 17.7 Å². The van der Waals surface area contributed by atoms with Crippen LogP contribution in [0.1, 0.15) is 11.7 Å². The Morgan fingerprint density at radius 1 is 1.31 bits per heavy atom. The molecule has 0 radical (unpaired) electrons. The van der Waals surface area contributed by atoms with E-state index >= 15 is 0 Å². The number of hydrogen-bond donors (Lipinski definition) is 2. The minimum Gasteiger partial charge on any atom is -0.399 e. The quantitative estimate of drug-likeness (QED) is 0.665. The molecule has 5 heteroatoms. The second kappa shape index (κ2) is 3.26. The lowest BCUT2D eigenvalue weighted by atomic mass is 10.1. The van der Waals surface area contributed by atoms with E-state index in [1.165, 1.54) is 18.2 Å². The van der Waals surface area contributed by atoms with Gasteiger partial charge in [0.15, 0.2) is 6.10 Å². The molecule has 1 rings (SSSR count). The molecule has 0 amide bonds. The summed E-state index contributed by atoms with van der Waals surface area (Å²) in [7, 11) is 0. The van der Waals surface area contributed by atoms with Crippen LogP contribution in [0.2, 0.25) is 0 Å². The summed E-state index contributed by atoms with van der Waals surface area (Å²) < 4.78 is 35.9.